The van der Waals surface area contributed by atoms with Crippen molar-refractivity contribution >= 4 is 41.2 Å². The standard InChI is InChI=1S/C12H13ClN6O3S/c1-2-18-10(16-17-12(18)23)6-14-11(20)15-9-4-3-7(19(21)22)5-8(9)13/h3-5H,2,6H2,1H3,(H,17,23)(H2,14,15,20). The zero-order valence-corrected chi connectivity index (χ0v) is 13.6. The van der Waals surface area contributed by atoms with E-state index >= 15 is 0 Å². The van der Waals surface area contributed by atoms with Crippen molar-refractivity contribution in [1.82, 2.24) is 20.1 Å². The largest absolute Gasteiger partial charge is 0.331 e. The molecule has 0 fully saturated rings. The molecule has 122 valence electrons. The van der Waals surface area contributed by atoms with Gasteiger partial charge in [-0.05, 0) is 25.2 Å². The molecule has 1 aromatic heterocycles. The molecule has 0 aliphatic carbocycles. The van der Waals surface area contributed by atoms with Gasteiger partial charge in [0.1, 0.15) is 0 Å². The second-order valence-electron chi connectivity index (χ2n) is 4.42. The normalized spacial score (nSPS) is 10.3. The summed E-state index contributed by atoms with van der Waals surface area (Å²) in [6.07, 6.45) is 0. The quantitative estimate of drug-likeness (QED) is 0.432. The van der Waals surface area contributed by atoms with Crippen LogP contribution in [0.4, 0.5) is 16.2 Å². The number of hydrogen-bond acceptors (Lipinski definition) is 5. The Morgan fingerprint density at radius 2 is 2.30 bits per heavy atom. The maximum atomic E-state index is 11.9. The number of anilines is 1. The van der Waals surface area contributed by atoms with Gasteiger partial charge in [0.05, 0.1) is 22.2 Å². The number of carbonyl (C=O) groups is 1. The van der Waals surface area contributed by atoms with E-state index in [0.29, 0.717) is 17.1 Å². The number of halogens is 1. The minimum Gasteiger partial charge on any atom is -0.331 e. The summed E-state index contributed by atoms with van der Waals surface area (Å²) in [7, 11) is 0. The van der Waals surface area contributed by atoms with E-state index in [4.69, 9.17) is 23.8 Å². The molecule has 1 aromatic carbocycles. The third kappa shape index (κ3) is 4.05. The van der Waals surface area contributed by atoms with Crippen LogP contribution in [0.5, 0.6) is 0 Å². The number of carbonyl (C=O) groups excluding carboxylic acids is 1. The fraction of sp³-hybridized carbons (Fsp3) is 0.250. The summed E-state index contributed by atoms with van der Waals surface area (Å²) in [4.78, 5) is 21.9. The number of amides is 2. The Bertz CT molecular complexity index is 802. The number of urea groups is 1. The summed E-state index contributed by atoms with van der Waals surface area (Å²) < 4.78 is 2.22. The highest BCUT2D eigenvalue weighted by atomic mass is 35.5. The number of aromatic nitrogens is 3. The van der Waals surface area contributed by atoms with Crippen molar-refractivity contribution in [2.45, 2.75) is 20.0 Å². The molecule has 2 aromatic rings. The molecule has 0 unspecified atom stereocenters. The van der Waals surface area contributed by atoms with E-state index in [1.165, 1.54) is 18.2 Å². The molecule has 11 heteroatoms. The lowest BCUT2D eigenvalue weighted by molar-refractivity contribution is -0.384. The van der Waals surface area contributed by atoms with Crippen LogP contribution in [0.25, 0.3) is 0 Å². The molecule has 0 aliphatic rings. The molecule has 0 bridgehead atoms. The zero-order chi connectivity index (χ0) is 17.0. The first-order valence-corrected chi connectivity index (χ1v) is 7.34. The SMILES string of the molecule is CCn1c(CNC(=O)Nc2ccc([N+](=O)[O-])cc2Cl)n[nH]c1=S. The molecule has 2 rings (SSSR count). The number of aromatic amines is 1. The Hall–Kier alpha value is -2.46. The van der Waals surface area contributed by atoms with Crippen LogP contribution < -0.4 is 10.6 Å². The molecule has 0 atom stereocenters. The van der Waals surface area contributed by atoms with Gasteiger partial charge in [0.2, 0.25) is 0 Å². The summed E-state index contributed by atoms with van der Waals surface area (Å²) in [6.45, 7) is 2.70. The van der Waals surface area contributed by atoms with Gasteiger partial charge in [0.25, 0.3) is 5.69 Å². The first kappa shape index (κ1) is 16.9. The predicted octanol–water partition coefficient (Wildman–Crippen LogP) is 2.84. The highest BCUT2D eigenvalue weighted by Gasteiger charge is 2.12. The maximum Gasteiger partial charge on any atom is 0.319 e. The van der Waals surface area contributed by atoms with E-state index in [1.54, 1.807) is 4.57 Å². The van der Waals surface area contributed by atoms with Crippen molar-refractivity contribution in [2.24, 2.45) is 0 Å². The molecule has 9 nitrogen and oxygen atoms in total. The average molecular weight is 357 g/mol. The van der Waals surface area contributed by atoms with Crippen LogP contribution in [0.1, 0.15) is 12.7 Å². The minimum atomic E-state index is -0.566. The van der Waals surface area contributed by atoms with Crippen molar-refractivity contribution in [3.05, 3.63) is 43.9 Å². The second-order valence-corrected chi connectivity index (χ2v) is 5.21. The average Bonchev–Trinajstić information content (AvgIpc) is 2.87. The third-order valence-corrected chi connectivity index (χ3v) is 3.60. The number of benzene rings is 1. The first-order valence-electron chi connectivity index (χ1n) is 6.55. The van der Waals surface area contributed by atoms with E-state index in [9.17, 15) is 14.9 Å². The summed E-state index contributed by atoms with van der Waals surface area (Å²) in [6, 6.07) is 3.27. The van der Waals surface area contributed by atoms with Crippen LogP contribution in [0.3, 0.4) is 0 Å². The fourth-order valence-electron chi connectivity index (χ4n) is 1.86. The molecule has 3 N–H and O–H groups in total. The molecular weight excluding hydrogens is 344 g/mol. The summed E-state index contributed by atoms with van der Waals surface area (Å²) in [5.41, 5.74) is 0.114. The Balaban J connectivity index is 2.00. The van der Waals surface area contributed by atoms with Gasteiger partial charge < -0.3 is 15.2 Å². The Kier molecular flexibility index (Phi) is 5.29. The van der Waals surface area contributed by atoms with Crippen LogP contribution in [-0.2, 0) is 13.1 Å². The van der Waals surface area contributed by atoms with Gasteiger partial charge in [-0.25, -0.2) is 4.79 Å². The first-order chi connectivity index (χ1) is 10.9. The van der Waals surface area contributed by atoms with Gasteiger partial charge in [-0.15, -0.1) is 0 Å². The van der Waals surface area contributed by atoms with Crippen LogP contribution in [0, 0.1) is 14.9 Å². The topological polar surface area (TPSA) is 118 Å². The van der Waals surface area contributed by atoms with Crippen molar-refractivity contribution in [3.63, 3.8) is 0 Å². The number of rotatable bonds is 5. The molecule has 1 heterocycles. The summed E-state index contributed by atoms with van der Waals surface area (Å²) in [5, 5.41) is 22.5. The maximum absolute atomic E-state index is 11.9. The molecule has 0 saturated heterocycles. The molecule has 0 spiro atoms. The van der Waals surface area contributed by atoms with E-state index in [1.807, 2.05) is 6.92 Å². The van der Waals surface area contributed by atoms with Gasteiger partial charge in [-0.1, -0.05) is 11.6 Å². The monoisotopic (exact) mass is 356 g/mol. The van der Waals surface area contributed by atoms with Crippen molar-refractivity contribution in [1.29, 1.82) is 0 Å². The minimum absolute atomic E-state index is 0.0746. The van der Waals surface area contributed by atoms with Crippen molar-refractivity contribution < 1.29 is 9.72 Å². The van der Waals surface area contributed by atoms with Gasteiger partial charge in [0, 0.05) is 18.7 Å². The highest BCUT2D eigenvalue weighted by Crippen LogP contribution is 2.26. The fourth-order valence-corrected chi connectivity index (χ4v) is 2.36. The van der Waals surface area contributed by atoms with E-state index in [-0.39, 0.29) is 22.9 Å². The summed E-state index contributed by atoms with van der Waals surface area (Å²) in [5.74, 6) is 0.586. The number of hydrogen-bond donors (Lipinski definition) is 3. The van der Waals surface area contributed by atoms with E-state index in [2.05, 4.69) is 20.8 Å². The zero-order valence-electron chi connectivity index (χ0n) is 12.0. The number of nitrogens with one attached hydrogen (secondary N) is 3. The Morgan fingerprint density at radius 1 is 1.57 bits per heavy atom. The predicted molar refractivity (Wildman–Crippen MR) is 87.1 cm³/mol. The van der Waals surface area contributed by atoms with Gasteiger partial charge >= 0.3 is 6.03 Å². The number of nitro groups is 1. The molecule has 0 aliphatic heterocycles. The molecule has 2 amide bonds. The number of nitrogens with zero attached hydrogens (tertiary/aromatic N) is 3. The van der Waals surface area contributed by atoms with Crippen LogP contribution in [0.15, 0.2) is 18.2 Å². The number of non-ortho nitro benzene ring substituents is 1. The van der Waals surface area contributed by atoms with Crippen LogP contribution in [0.2, 0.25) is 5.02 Å². The molecular formula is C12H13ClN6O3S. The molecule has 0 radical (unpaired) electrons. The third-order valence-electron chi connectivity index (χ3n) is 2.97. The highest BCUT2D eigenvalue weighted by molar-refractivity contribution is 7.71. The molecule has 0 saturated carbocycles. The lowest BCUT2D eigenvalue weighted by Gasteiger charge is -2.09. The Labute approximate surface area is 140 Å². The van der Waals surface area contributed by atoms with Gasteiger partial charge in [0.15, 0.2) is 10.6 Å². The number of H-pyrrole nitrogens is 1. The van der Waals surface area contributed by atoms with Crippen molar-refractivity contribution in [3.8, 4) is 0 Å². The Morgan fingerprint density at radius 3 is 2.91 bits per heavy atom. The smallest absolute Gasteiger partial charge is 0.319 e. The number of nitro benzene ring substituents is 1. The second kappa shape index (κ2) is 7.20. The van der Waals surface area contributed by atoms with Gasteiger partial charge in [-0.3, -0.25) is 15.2 Å². The summed E-state index contributed by atoms with van der Waals surface area (Å²) >= 11 is 11.0. The van der Waals surface area contributed by atoms with Gasteiger partial charge in [-0.2, -0.15) is 5.10 Å². The van der Waals surface area contributed by atoms with Crippen molar-refractivity contribution in [2.75, 3.05) is 5.32 Å². The van der Waals surface area contributed by atoms with Crippen LogP contribution >= 0.6 is 23.8 Å². The lowest BCUT2D eigenvalue weighted by Crippen LogP contribution is -2.29. The molecule has 23 heavy (non-hydrogen) atoms. The van der Waals surface area contributed by atoms with E-state index < -0.39 is 11.0 Å². The lowest BCUT2D eigenvalue weighted by atomic mass is 10.3. The van der Waals surface area contributed by atoms with E-state index in [0.717, 1.165) is 0 Å². The van der Waals surface area contributed by atoms with Crippen LogP contribution in [-0.4, -0.2) is 25.7 Å².